The molecule has 0 atom stereocenters. The van der Waals surface area contributed by atoms with E-state index in [-0.39, 0.29) is 0 Å². The summed E-state index contributed by atoms with van der Waals surface area (Å²) in [5.74, 6) is 2.04. The Morgan fingerprint density at radius 3 is 2.11 bits per heavy atom. The van der Waals surface area contributed by atoms with E-state index in [1.54, 1.807) is 0 Å². The smallest absolute Gasteiger partial charge is 0.214 e. The number of hydrogen-bond donors (Lipinski definition) is 0. The summed E-state index contributed by atoms with van der Waals surface area (Å²) in [6, 6.07) is 16.5. The van der Waals surface area contributed by atoms with Crippen molar-refractivity contribution in [2.75, 3.05) is 13.1 Å². The quantitative estimate of drug-likeness (QED) is 0.483. The minimum Gasteiger partial charge on any atom is -0.456 e. The first-order valence-electron chi connectivity index (χ1n) is 9.72. The molecule has 0 saturated heterocycles. The molecule has 3 aromatic rings. The van der Waals surface area contributed by atoms with Crippen LogP contribution in [0.5, 0.6) is 0 Å². The van der Waals surface area contributed by atoms with E-state index in [4.69, 9.17) is 16.0 Å². The third-order valence-corrected chi connectivity index (χ3v) is 4.79. The fraction of sp³-hybridized carbons (Fsp3) is 0.375. The fourth-order valence-corrected chi connectivity index (χ4v) is 3.58. The van der Waals surface area contributed by atoms with E-state index in [2.05, 4.69) is 63.5 Å². The fourth-order valence-electron chi connectivity index (χ4n) is 3.45. The summed E-state index contributed by atoms with van der Waals surface area (Å²) >= 11 is 6.07. The number of nitrogens with zero attached hydrogens (tertiary/aromatic N) is 1. The molecule has 3 rings (SSSR count). The van der Waals surface area contributed by atoms with Crippen molar-refractivity contribution < 1.29 is 4.42 Å². The van der Waals surface area contributed by atoms with E-state index in [9.17, 15) is 0 Å². The highest BCUT2D eigenvalue weighted by molar-refractivity contribution is 6.30. The lowest BCUT2D eigenvalue weighted by Gasteiger charge is -2.11. The number of halogens is 1. The second-order valence-corrected chi connectivity index (χ2v) is 8.63. The lowest BCUT2D eigenvalue weighted by Crippen LogP contribution is -2.36. The van der Waals surface area contributed by atoms with Gasteiger partial charge in [0.05, 0.1) is 11.5 Å². The summed E-state index contributed by atoms with van der Waals surface area (Å²) in [5, 5.41) is 3.15. The molecule has 0 aliphatic heterocycles. The third-order valence-electron chi connectivity index (χ3n) is 4.54. The van der Waals surface area contributed by atoms with Crippen molar-refractivity contribution in [2.24, 2.45) is 11.8 Å². The van der Waals surface area contributed by atoms with Gasteiger partial charge < -0.3 is 4.42 Å². The zero-order valence-corrected chi connectivity index (χ0v) is 17.7. The van der Waals surface area contributed by atoms with Gasteiger partial charge in [0.1, 0.15) is 24.4 Å². The molecule has 0 aliphatic rings. The Morgan fingerprint density at radius 2 is 1.52 bits per heavy atom. The molecule has 142 valence electrons. The highest BCUT2D eigenvalue weighted by Crippen LogP contribution is 2.24. The molecule has 0 saturated carbocycles. The van der Waals surface area contributed by atoms with Gasteiger partial charge in [-0.3, -0.25) is 0 Å². The SMILES string of the molecule is Cc1ccc2oc(-c3ccc(Cl)cc3)cc(=[N+](CC(C)C)CC(C)C)c2c1. The minimum atomic E-state index is 0.583. The van der Waals surface area contributed by atoms with Crippen LogP contribution in [-0.4, -0.2) is 13.1 Å². The van der Waals surface area contributed by atoms with Crippen molar-refractivity contribution in [2.45, 2.75) is 34.6 Å². The molecule has 3 heteroatoms. The largest absolute Gasteiger partial charge is 0.456 e. The van der Waals surface area contributed by atoms with E-state index in [1.165, 1.54) is 16.3 Å². The van der Waals surface area contributed by atoms with Gasteiger partial charge in [0.2, 0.25) is 5.36 Å². The lowest BCUT2D eigenvalue weighted by molar-refractivity contribution is 0.433. The molecule has 2 aromatic carbocycles. The van der Waals surface area contributed by atoms with Gasteiger partial charge in [-0.05, 0) is 43.3 Å². The number of benzene rings is 2. The summed E-state index contributed by atoms with van der Waals surface area (Å²) in [6.45, 7) is 13.3. The van der Waals surface area contributed by atoms with Crippen LogP contribution in [0.4, 0.5) is 0 Å². The van der Waals surface area contributed by atoms with E-state index < -0.39 is 0 Å². The average molecular weight is 383 g/mol. The van der Waals surface area contributed by atoms with Crippen LogP contribution in [0.1, 0.15) is 33.3 Å². The van der Waals surface area contributed by atoms with Gasteiger partial charge in [-0.25, -0.2) is 4.58 Å². The van der Waals surface area contributed by atoms with E-state index >= 15 is 0 Å². The number of hydrogen-bond acceptors (Lipinski definition) is 1. The maximum Gasteiger partial charge on any atom is 0.214 e. The first kappa shape index (κ1) is 19.7. The van der Waals surface area contributed by atoms with Crippen LogP contribution in [0.25, 0.3) is 22.3 Å². The second kappa shape index (κ2) is 8.31. The Labute approximate surface area is 167 Å². The summed E-state index contributed by atoms with van der Waals surface area (Å²) in [4.78, 5) is 0. The Hall–Kier alpha value is -2.06. The molecule has 0 spiro atoms. The van der Waals surface area contributed by atoms with Crippen LogP contribution in [0.3, 0.4) is 0 Å². The van der Waals surface area contributed by atoms with E-state index in [0.29, 0.717) is 11.8 Å². The Bertz CT molecular complexity index is 985. The van der Waals surface area contributed by atoms with Gasteiger partial charge in [0, 0.05) is 22.4 Å². The zero-order valence-electron chi connectivity index (χ0n) is 16.9. The van der Waals surface area contributed by atoms with Crippen molar-refractivity contribution in [3.05, 3.63) is 64.5 Å². The minimum absolute atomic E-state index is 0.583. The monoisotopic (exact) mass is 382 g/mol. The molecule has 2 nitrogen and oxygen atoms in total. The lowest BCUT2D eigenvalue weighted by atomic mass is 10.1. The molecule has 27 heavy (non-hydrogen) atoms. The normalized spacial score (nSPS) is 11.6. The zero-order chi connectivity index (χ0) is 19.6. The van der Waals surface area contributed by atoms with Crippen molar-refractivity contribution in [1.29, 1.82) is 0 Å². The highest BCUT2D eigenvalue weighted by atomic mass is 35.5. The molecule has 1 aromatic heterocycles. The van der Waals surface area contributed by atoms with Crippen LogP contribution in [-0.2, 0) is 0 Å². The number of fused-ring (bicyclic) bond motifs is 1. The summed E-state index contributed by atoms with van der Waals surface area (Å²) in [6.07, 6.45) is 0. The Balaban J connectivity index is 2.34. The molecule has 0 N–H and O–H groups in total. The molecule has 0 fully saturated rings. The highest BCUT2D eigenvalue weighted by Gasteiger charge is 2.16. The molecule has 1 heterocycles. The van der Waals surface area contributed by atoms with Crippen molar-refractivity contribution in [1.82, 2.24) is 4.58 Å². The summed E-state index contributed by atoms with van der Waals surface area (Å²) in [5.41, 5.74) is 3.20. The van der Waals surface area contributed by atoms with Crippen molar-refractivity contribution >= 4 is 22.6 Å². The van der Waals surface area contributed by atoms with Gasteiger partial charge >= 0.3 is 0 Å². The third kappa shape index (κ3) is 4.81. The molecule has 0 aliphatic carbocycles. The molecule has 0 unspecified atom stereocenters. The van der Waals surface area contributed by atoms with Gasteiger partial charge in [-0.15, -0.1) is 0 Å². The van der Waals surface area contributed by atoms with Crippen LogP contribution in [0.2, 0.25) is 5.02 Å². The molecule has 0 amide bonds. The maximum atomic E-state index is 6.27. The van der Waals surface area contributed by atoms with Crippen molar-refractivity contribution in [3.63, 3.8) is 0 Å². The standard InChI is InChI=1S/C24H29ClNO/c1-16(2)14-26(15-17(3)4)22-13-24(19-7-9-20(25)10-8-19)27-23-11-6-18(5)12-21(22)23/h6-13,16-17H,14-15H2,1-5H3/q+1. The second-order valence-electron chi connectivity index (χ2n) is 8.20. The van der Waals surface area contributed by atoms with Crippen molar-refractivity contribution in [3.8, 4) is 11.3 Å². The van der Waals surface area contributed by atoms with Gasteiger partial charge in [0.25, 0.3) is 0 Å². The summed E-state index contributed by atoms with van der Waals surface area (Å²) in [7, 11) is 0. The Kier molecular flexibility index (Phi) is 6.06. The molecule has 0 radical (unpaired) electrons. The van der Waals surface area contributed by atoms with Crippen LogP contribution in [0, 0.1) is 18.8 Å². The van der Waals surface area contributed by atoms with E-state index in [0.717, 1.165) is 35.0 Å². The topological polar surface area (TPSA) is 16.1 Å². The first-order chi connectivity index (χ1) is 12.8. The van der Waals surface area contributed by atoms with Gasteiger partial charge in [0.15, 0.2) is 0 Å². The Morgan fingerprint density at radius 1 is 0.889 bits per heavy atom. The molecule has 0 bridgehead atoms. The number of rotatable bonds is 5. The van der Waals surface area contributed by atoms with Crippen LogP contribution < -0.4 is 9.93 Å². The first-order valence-corrected chi connectivity index (χ1v) is 10.1. The van der Waals surface area contributed by atoms with Crippen LogP contribution >= 0.6 is 11.6 Å². The predicted octanol–water partition coefficient (Wildman–Crippen LogP) is 6.15. The summed E-state index contributed by atoms with van der Waals surface area (Å²) < 4.78 is 8.78. The van der Waals surface area contributed by atoms with Crippen LogP contribution in [0.15, 0.2) is 52.9 Å². The average Bonchev–Trinajstić information content (AvgIpc) is 2.60. The molecular formula is C24H29ClNO+. The number of aryl methyl sites for hydroxylation is 1. The van der Waals surface area contributed by atoms with Gasteiger partial charge in [-0.2, -0.15) is 0 Å². The maximum absolute atomic E-state index is 6.27. The molecular weight excluding hydrogens is 354 g/mol. The van der Waals surface area contributed by atoms with E-state index in [1.807, 2.05) is 24.3 Å². The van der Waals surface area contributed by atoms with Gasteiger partial charge in [-0.1, -0.05) is 50.9 Å². The predicted molar refractivity (Wildman–Crippen MR) is 116 cm³/mol.